The number of rotatable bonds is 5. The molecule has 1 aromatic rings. The van der Waals surface area contributed by atoms with E-state index in [-0.39, 0.29) is 12.3 Å². The number of benzene rings is 1. The van der Waals surface area contributed by atoms with Gasteiger partial charge in [-0.1, -0.05) is 27.5 Å². The van der Waals surface area contributed by atoms with Crippen LogP contribution in [0, 0.1) is 5.92 Å². The predicted molar refractivity (Wildman–Crippen MR) is 81.2 cm³/mol. The first-order valence-corrected chi connectivity index (χ1v) is 7.59. The van der Waals surface area contributed by atoms with Crippen molar-refractivity contribution in [3.63, 3.8) is 0 Å². The Bertz CT molecular complexity index is 566. The normalized spacial score (nSPS) is 21.9. The first-order chi connectivity index (χ1) is 9.95. The van der Waals surface area contributed by atoms with Gasteiger partial charge in [-0.15, -0.1) is 0 Å². The van der Waals surface area contributed by atoms with Crippen molar-refractivity contribution in [2.75, 3.05) is 20.3 Å². The first kappa shape index (κ1) is 16.3. The van der Waals surface area contributed by atoms with Crippen LogP contribution in [0.15, 0.2) is 22.7 Å². The summed E-state index contributed by atoms with van der Waals surface area (Å²) < 4.78 is 5.79. The molecule has 1 aromatic carbocycles. The van der Waals surface area contributed by atoms with Crippen molar-refractivity contribution in [2.24, 2.45) is 5.92 Å². The molecule has 0 radical (unpaired) electrons. The van der Waals surface area contributed by atoms with Crippen LogP contribution in [0.2, 0.25) is 5.02 Å². The number of carbonyl (C=O) groups is 2. The van der Waals surface area contributed by atoms with Gasteiger partial charge in [-0.2, -0.15) is 0 Å². The third-order valence-corrected chi connectivity index (χ3v) is 4.40. The van der Waals surface area contributed by atoms with E-state index in [1.54, 1.807) is 18.2 Å². The maximum absolute atomic E-state index is 12.1. The summed E-state index contributed by atoms with van der Waals surface area (Å²) in [5.41, 5.74) is 0.639. The molecular weight excluding hydrogens is 362 g/mol. The van der Waals surface area contributed by atoms with Crippen molar-refractivity contribution in [1.82, 2.24) is 4.90 Å². The molecule has 2 unspecified atom stereocenters. The van der Waals surface area contributed by atoms with Crippen LogP contribution < -0.4 is 0 Å². The number of carbonyl (C=O) groups excluding carboxylic acids is 1. The summed E-state index contributed by atoms with van der Waals surface area (Å²) in [7, 11) is 1.54. The molecule has 0 saturated carbocycles. The Labute approximate surface area is 136 Å². The number of halogens is 2. The van der Waals surface area contributed by atoms with Gasteiger partial charge in [-0.25, -0.2) is 0 Å². The van der Waals surface area contributed by atoms with Crippen LogP contribution in [0.1, 0.15) is 18.0 Å². The zero-order chi connectivity index (χ0) is 15.6. The van der Waals surface area contributed by atoms with E-state index >= 15 is 0 Å². The molecule has 2 atom stereocenters. The van der Waals surface area contributed by atoms with Gasteiger partial charge >= 0.3 is 5.97 Å². The maximum atomic E-state index is 12.1. The highest BCUT2D eigenvalue weighted by molar-refractivity contribution is 9.10. The van der Waals surface area contributed by atoms with Crippen LogP contribution in [0.4, 0.5) is 0 Å². The van der Waals surface area contributed by atoms with E-state index in [1.807, 2.05) is 0 Å². The van der Waals surface area contributed by atoms with Gasteiger partial charge in [0, 0.05) is 29.6 Å². The van der Waals surface area contributed by atoms with Crippen LogP contribution in [0.3, 0.4) is 0 Å². The van der Waals surface area contributed by atoms with Crippen molar-refractivity contribution >= 4 is 39.4 Å². The van der Waals surface area contributed by atoms with Gasteiger partial charge in [-0.3, -0.25) is 9.59 Å². The third kappa shape index (κ3) is 3.39. The lowest BCUT2D eigenvalue weighted by molar-refractivity contribution is -0.142. The molecule has 21 heavy (non-hydrogen) atoms. The molecule has 7 heteroatoms. The lowest BCUT2D eigenvalue weighted by atomic mass is 9.93. The maximum Gasteiger partial charge on any atom is 0.309 e. The minimum absolute atomic E-state index is 0.0213. The van der Waals surface area contributed by atoms with Crippen molar-refractivity contribution in [1.29, 1.82) is 0 Å². The molecule has 0 aliphatic carbocycles. The fraction of sp³-hybridized carbons (Fsp3) is 0.429. The smallest absolute Gasteiger partial charge is 0.309 e. The Morgan fingerprint density at radius 3 is 2.90 bits per heavy atom. The summed E-state index contributed by atoms with van der Waals surface area (Å²) in [6, 6.07) is 4.66. The number of ether oxygens (including phenoxy) is 1. The topological polar surface area (TPSA) is 66.8 Å². The molecule has 114 valence electrons. The monoisotopic (exact) mass is 375 g/mol. The minimum Gasteiger partial charge on any atom is -0.481 e. The second-order valence-corrected chi connectivity index (χ2v) is 6.16. The molecule has 2 rings (SSSR count). The number of aliphatic carboxylic acids is 1. The highest BCUT2D eigenvalue weighted by atomic mass is 79.9. The Morgan fingerprint density at radius 1 is 1.57 bits per heavy atom. The second kappa shape index (κ2) is 6.77. The lowest BCUT2D eigenvalue weighted by Gasteiger charge is -2.28. The molecule has 1 aliphatic rings. The van der Waals surface area contributed by atoms with Crippen molar-refractivity contribution < 1.29 is 19.4 Å². The van der Waals surface area contributed by atoms with E-state index in [0.29, 0.717) is 23.7 Å². The summed E-state index contributed by atoms with van der Waals surface area (Å²) >= 11 is 9.56. The van der Waals surface area contributed by atoms with E-state index < -0.39 is 17.9 Å². The number of nitrogens with zero attached hydrogens (tertiary/aromatic N) is 1. The van der Waals surface area contributed by atoms with Gasteiger partial charge < -0.3 is 14.7 Å². The van der Waals surface area contributed by atoms with E-state index in [1.165, 1.54) is 12.0 Å². The molecule has 1 N–H and O–H groups in total. The average Bonchev–Trinajstić information content (AvgIpc) is 2.76. The number of likely N-dealkylation sites (tertiary alicyclic amines) is 1. The van der Waals surface area contributed by atoms with Crippen LogP contribution in [0.25, 0.3) is 0 Å². The molecule has 1 fully saturated rings. The summed E-state index contributed by atoms with van der Waals surface area (Å²) in [5.74, 6) is -1.99. The fourth-order valence-corrected chi connectivity index (χ4v) is 3.20. The second-order valence-electron chi connectivity index (χ2n) is 4.84. The minimum atomic E-state index is -0.996. The summed E-state index contributed by atoms with van der Waals surface area (Å²) in [4.78, 5) is 25.1. The number of hydrogen-bond acceptors (Lipinski definition) is 3. The largest absolute Gasteiger partial charge is 0.481 e. The quantitative estimate of drug-likeness (QED) is 0.858. The number of amides is 1. The Hall–Kier alpha value is -1.11. The average molecular weight is 377 g/mol. The molecule has 1 saturated heterocycles. The number of carboxylic acids is 1. The van der Waals surface area contributed by atoms with Crippen LogP contribution in [-0.4, -0.2) is 42.1 Å². The molecule has 0 spiro atoms. The number of carboxylic acid groups (broad SMARTS) is 1. The van der Waals surface area contributed by atoms with E-state index in [0.717, 1.165) is 4.47 Å². The van der Waals surface area contributed by atoms with Gasteiger partial charge in [0.25, 0.3) is 0 Å². The molecular formula is C14H15BrClNO4. The van der Waals surface area contributed by atoms with Gasteiger partial charge in [0.2, 0.25) is 5.91 Å². The van der Waals surface area contributed by atoms with Gasteiger partial charge in [0.15, 0.2) is 0 Å². The van der Waals surface area contributed by atoms with Crippen molar-refractivity contribution in [3.8, 4) is 0 Å². The SMILES string of the molecule is COCCN1C(=O)CC(C(=O)O)C1c1cc(Br)ccc1Cl. The first-order valence-electron chi connectivity index (χ1n) is 6.42. The molecule has 1 aliphatic heterocycles. The summed E-state index contributed by atoms with van der Waals surface area (Å²) in [5, 5.41) is 9.85. The highest BCUT2D eigenvalue weighted by Crippen LogP contribution is 2.41. The van der Waals surface area contributed by atoms with Gasteiger partial charge in [0.05, 0.1) is 18.6 Å². The van der Waals surface area contributed by atoms with E-state index in [9.17, 15) is 14.7 Å². The zero-order valence-corrected chi connectivity index (χ0v) is 13.7. The predicted octanol–water partition coefficient (Wildman–Crippen LogP) is 2.72. The zero-order valence-electron chi connectivity index (χ0n) is 11.4. The Kier molecular flexibility index (Phi) is 5.24. The van der Waals surface area contributed by atoms with Crippen LogP contribution in [0.5, 0.6) is 0 Å². The van der Waals surface area contributed by atoms with E-state index in [4.69, 9.17) is 16.3 Å². The Morgan fingerprint density at radius 2 is 2.29 bits per heavy atom. The van der Waals surface area contributed by atoms with Crippen LogP contribution in [-0.2, 0) is 14.3 Å². The summed E-state index contributed by atoms with van der Waals surface area (Å²) in [6.07, 6.45) is -0.0213. The standard InChI is InChI=1S/C14H15BrClNO4/c1-21-5-4-17-12(18)7-10(14(19)20)13(17)9-6-8(15)2-3-11(9)16/h2-3,6,10,13H,4-5,7H2,1H3,(H,19,20). The molecule has 0 aromatic heterocycles. The lowest BCUT2D eigenvalue weighted by Crippen LogP contribution is -2.33. The van der Waals surface area contributed by atoms with Gasteiger partial charge in [-0.05, 0) is 23.8 Å². The summed E-state index contributed by atoms with van der Waals surface area (Å²) in [6.45, 7) is 0.687. The molecule has 1 amide bonds. The fourth-order valence-electron chi connectivity index (χ4n) is 2.59. The highest BCUT2D eigenvalue weighted by Gasteiger charge is 2.45. The van der Waals surface area contributed by atoms with E-state index in [2.05, 4.69) is 15.9 Å². The number of methoxy groups -OCH3 is 1. The van der Waals surface area contributed by atoms with Crippen LogP contribution >= 0.6 is 27.5 Å². The van der Waals surface area contributed by atoms with Crippen molar-refractivity contribution in [3.05, 3.63) is 33.3 Å². The molecule has 5 nitrogen and oxygen atoms in total. The van der Waals surface area contributed by atoms with Gasteiger partial charge in [0.1, 0.15) is 0 Å². The molecule has 0 bridgehead atoms. The number of hydrogen-bond donors (Lipinski definition) is 1. The Balaban J connectivity index is 2.43. The van der Waals surface area contributed by atoms with Crippen molar-refractivity contribution in [2.45, 2.75) is 12.5 Å². The molecule has 1 heterocycles. The third-order valence-electron chi connectivity index (χ3n) is 3.56.